The number of non-ortho nitro benzene ring substituents is 1. The molecule has 0 saturated heterocycles. The maximum Gasteiger partial charge on any atom is 0.270 e. The molecule has 6 heteroatoms. The van der Waals surface area contributed by atoms with Gasteiger partial charge in [0.05, 0.1) is 10.5 Å². The van der Waals surface area contributed by atoms with E-state index in [1.54, 1.807) is 6.92 Å². The number of nitrogens with zero attached hydrogens (tertiary/aromatic N) is 1. The highest BCUT2D eigenvalue weighted by Crippen LogP contribution is 2.20. The van der Waals surface area contributed by atoms with Crippen LogP contribution in [0, 0.1) is 10.1 Å². The molecular formula is C9H10N2O3S. The summed E-state index contributed by atoms with van der Waals surface area (Å²) in [6, 6.07) is 3.96. The number of hydrogen-bond donors (Lipinski definition) is 2. The standard InChI is InChI=1S/C9H10N2O3S/c1-2-10-9(12)7-5-6(11(13)14)3-4-8(7)15/h3-5,15H,2H2,1H3,(H,10,12). The van der Waals surface area contributed by atoms with Gasteiger partial charge in [-0.2, -0.15) is 0 Å². The maximum atomic E-state index is 11.5. The third kappa shape index (κ3) is 2.69. The van der Waals surface area contributed by atoms with Crippen LogP contribution in [-0.2, 0) is 0 Å². The number of rotatable bonds is 3. The lowest BCUT2D eigenvalue weighted by molar-refractivity contribution is -0.384. The zero-order chi connectivity index (χ0) is 11.4. The van der Waals surface area contributed by atoms with Gasteiger partial charge >= 0.3 is 0 Å². The number of nitro benzene ring substituents is 1. The van der Waals surface area contributed by atoms with Crippen molar-refractivity contribution in [1.29, 1.82) is 0 Å². The van der Waals surface area contributed by atoms with Crippen LogP contribution >= 0.6 is 12.6 Å². The molecule has 1 aromatic rings. The summed E-state index contributed by atoms with van der Waals surface area (Å²) in [6.45, 7) is 2.24. The second-order valence-corrected chi connectivity index (χ2v) is 3.30. The van der Waals surface area contributed by atoms with Gasteiger partial charge in [0.2, 0.25) is 0 Å². The van der Waals surface area contributed by atoms with Crippen LogP contribution in [-0.4, -0.2) is 17.4 Å². The molecule has 80 valence electrons. The van der Waals surface area contributed by atoms with Gasteiger partial charge in [0.1, 0.15) is 0 Å². The van der Waals surface area contributed by atoms with E-state index in [9.17, 15) is 14.9 Å². The third-order valence-electron chi connectivity index (χ3n) is 1.77. The number of benzene rings is 1. The Morgan fingerprint density at radius 2 is 2.27 bits per heavy atom. The SMILES string of the molecule is CCNC(=O)c1cc([N+](=O)[O-])ccc1S. The Morgan fingerprint density at radius 3 is 2.80 bits per heavy atom. The molecule has 1 amide bonds. The molecule has 0 spiro atoms. The molecule has 0 fully saturated rings. The summed E-state index contributed by atoms with van der Waals surface area (Å²) >= 11 is 4.06. The van der Waals surface area contributed by atoms with Gasteiger partial charge in [-0.05, 0) is 13.0 Å². The molecule has 0 atom stereocenters. The summed E-state index contributed by atoms with van der Waals surface area (Å²) in [5, 5.41) is 13.1. The lowest BCUT2D eigenvalue weighted by atomic mass is 10.2. The van der Waals surface area contributed by atoms with Gasteiger partial charge in [-0.1, -0.05) is 0 Å². The van der Waals surface area contributed by atoms with Crippen LogP contribution < -0.4 is 5.32 Å². The van der Waals surface area contributed by atoms with E-state index in [-0.39, 0.29) is 17.2 Å². The summed E-state index contributed by atoms with van der Waals surface area (Å²) in [6.07, 6.45) is 0. The van der Waals surface area contributed by atoms with Crippen molar-refractivity contribution in [2.24, 2.45) is 0 Å². The molecule has 0 aliphatic carbocycles. The van der Waals surface area contributed by atoms with Gasteiger partial charge in [-0.3, -0.25) is 14.9 Å². The van der Waals surface area contributed by atoms with Crippen LogP contribution in [0.25, 0.3) is 0 Å². The fourth-order valence-corrected chi connectivity index (χ4v) is 1.32. The highest BCUT2D eigenvalue weighted by molar-refractivity contribution is 7.80. The molecule has 0 aliphatic rings. The number of amides is 1. The van der Waals surface area contributed by atoms with E-state index < -0.39 is 4.92 Å². The molecule has 5 nitrogen and oxygen atoms in total. The maximum absolute atomic E-state index is 11.5. The molecule has 0 aromatic heterocycles. The van der Waals surface area contributed by atoms with Crippen LogP contribution in [0.5, 0.6) is 0 Å². The summed E-state index contributed by atoms with van der Waals surface area (Å²) in [4.78, 5) is 21.8. The molecule has 0 heterocycles. The molecule has 0 bridgehead atoms. The Hall–Kier alpha value is -1.56. The van der Waals surface area contributed by atoms with Crippen LogP contribution in [0.15, 0.2) is 23.1 Å². The van der Waals surface area contributed by atoms with Gasteiger partial charge in [0.25, 0.3) is 11.6 Å². The van der Waals surface area contributed by atoms with Crippen molar-refractivity contribution < 1.29 is 9.72 Å². The first-order valence-electron chi connectivity index (χ1n) is 4.32. The monoisotopic (exact) mass is 226 g/mol. The van der Waals surface area contributed by atoms with Gasteiger partial charge in [0, 0.05) is 23.6 Å². The van der Waals surface area contributed by atoms with Gasteiger partial charge in [-0.25, -0.2) is 0 Å². The Kier molecular flexibility index (Phi) is 3.68. The molecule has 0 radical (unpaired) electrons. The van der Waals surface area contributed by atoms with Crippen molar-refractivity contribution >= 4 is 24.2 Å². The predicted octanol–water partition coefficient (Wildman–Crippen LogP) is 1.63. The molecular weight excluding hydrogens is 216 g/mol. The highest BCUT2D eigenvalue weighted by Gasteiger charge is 2.14. The molecule has 1 rings (SSSR count). The quantitative estimate of drug-likeness (QED) is 0.467. The Labute approximate surface area is 92.0 Å². The Bertz CT molecular complexity index is 406. The number of hydrogen-bond acceptors (Lipinski definition) is 4. The minimum atomic E-state index is -0.546. The van der Waals surface area contributed by atoms with Crippen LogP contribution in [0.1, 0.15) is 17.3 Å². The van der Waals surface area contributed by atoms with E-state index in [1.807, 2.05) is 0 Å². The van der Waals surface area contributed by atoms with E-state index in [2.05, 4.69) is 17.9 Å². The number of nitro groups is 1. The minimum absolute atomic E-state index is 0.117. The molecule has 15 heavy (non-hydrogen) atoms. The Balaban J connectivity index is 3.10. The smallest absolute Gasteiger partial charge is 0.270 e. The average molecular weight is 226 g/mol. The van der Waals surface area contributed by atoms with Crippen molar-refractivity contribution in [3.63, 3.8) is 0 Å². The second-order valence-electron chi connectivity index (χ2n) is 2.82. The van der Waals surface area contributed by atoms with Crippen LogP contribution in [0.2, 0.25) is 0 Å². The van der Waals surface area contributed by atoms with Gasteiger partial charge in [-0.15, -0.1) is 12.6 Å². The van der Waals surface area contributed by atoms with E-state index in [0.717, 1.165) is 0 Å². The number of carbonyl (C=O) groups excluding carboxylic acids is 1. The van der Waals surface area contributed by atoms with Gasteiger partial charge in [0.15, 0.2) is 0 Å². The third-order valence-corrected chi connectivity index (χ3v) is 2.16. The average Bonchev–Trinajstić information content (AvgIpc) is 2.18. The first kappa shape index (κ1) is 11.5. The van der Waals surface area contributed by atoms with Crippen LogP contribution in [0.3, 0.4) is 0 Å². The van der Waals surface area contributed by atoms with Crippen molar-refractivity contribution in [2.75, 3.05) is 6.54 Å². The summed E-state index contributed by atoms with van der Waals surface area (Å²) < 4.78 is 0. The molecule has 1 aromatic carbocycles. The zero-order valence-corrected chi connectivity index (χ0v) is 8.95. The fourth-order valence-electron chi connectivity index (χ4n) is 1.08. The van der Waals surface area contributed by atoms with Crippen molar-refractivity contribution in [2.45, 2.75) is 11.8 Å². The first-order chi connectivity index (χ1) is 7.06. The molecule has 0 unspecified atom stereocenters. The number of carbonyl (C=O) groups is 1. The normalized spacial score (nSPS) is 9.73. The summed E-state index contributed by atoms with van der Waals surface area (Å²) in [5.74, 6) is -0.355. The lowest BCUT2D eigenvalue weighted by Crippen LogP contribution is -2.23. The molecule has 0 saturated carbocycles. The summed E-state index contributed by atoms with van der Waals surface area (Å²) in [7, 11) is 0. The molecule has 1 N–H and O–H groups in total. The van der Waals surface area contributed by atoms with Crippen molar-refractivity contribution in [3.8, 4) is 0 Å². The van der Waals surface area contributed by atoms with E-state index in [4.69, 9.17) is 0 Å². The topological polar surface area (TPSA) is 72.2 Å². The fraction of sp³-hybridized carbons (Fsp3) is 0.222. The highest BCUT2D eigenvalue weighted by atomic mass is 32.1. The number of nitrogens with one attached hydrogen (secondary N) is 1. The predicted molar refractivity (Wildman–Crippen MR) is 58.4 cm³/mol. The minimum Gasteiger partial charge on any atom is -0.352 e. The lowest BCUT2D eigenvalue weighted by Gasteiger charge is -2.04. The van der Waals surface area contributed by atoms with Crippen molar-refractivity contribution in [3.05, 3.63) is 33.9 Å². The largest absolute Gasteiger partial charge is 0.352 e. The van der Waals surface area contributed by atoms with Gasteiger partial charge < -0.3 is 5.32 Å². The van der Waals surface area contributed by atoms with E-state index in [1.165, 1.54) is 18.2 Å². The van der Waals surface area contributed by atoms with Crippen molar-refractivity contribution in [1.82, 2.24) is 5.32 Å². The van der Waals surface area contributed by atoms with E-state index >= 15 is 0 Å². The zero-order valence-electron chi connectivity index (χ0n) is 8.06. The second kappa shape index (κ2) is 4.79. The first-order valence-corrected chi connectivity index (χ1v) is 4.76. The van der Waals surface area contributed by atoms with E-state index in [0.29, 0.717) is 11.4 Å². The van der Waals surface area contributed by atoms with Crippen LogP contribution in [0.4, 0.5) is 5.69 Å². The molecule has 0 aliphatic heterocycles. The number of thiol groups is 1. The summed E-state index contributed by atoms with van der Waals surface area (Å²) in [5.41, 5.74) is 0.100. The Morgan fingerprint density at radius 1 is 1.60 bits per heavy atom.